The molecular formula is C21H24N2O3. The molecule has 2 aromatic carbocycles. The van der Waals surface area contributed by atoms with Gasteiger partial charge in [0.05, 0.1) is 0 Å². The highest BCUT2D eigenvalue weighted by Crippen LogP contribution is 2.33. The Bertz CT molecular complexity index is 831. The van der Waals surface area contributed by atoms with Crippen LogP contribution in [-0.2, 0) is 0 Å². The minimum absolute atomic E-state index is 0.0558. The maximum absolute atomic E-state index is 12.8. The second-order valence-electron chi connectivity index (χ2n) is 7.09. The van der Waals surface area contributed by atoms with E-state index in [2.05, 4.69) is 37.8 Å². The first-order valence-electron chi connectivity index (χ1n) is 9.04. The third-order valence-electron chi connectivity index (χ3n) is 5.14. The lowest BCUT2D eigenvalue weighted by Crippen LogP contribution is -2.49. The lowest BCUT2D eigenvalue weighted by Gasteiger charge is -2.37. The van der Waals surface area contributed by atoms with Gasteiger partial charge in [-0.1, -0.05) is 17.7 Å². The number of carbonyl (C=O) groups excluding carboxylic acids is 1. The highest BCUT2D eigenvalue weighted by molar-refractivity contribution is 5.95. The van der Waals surface area contributed by atoms with Crippen molar-refractivity contribution in [3.05, 3.63) is 52.6 Å². The molecule has 2 aliphatic rings. The van der Waals surface area contributed by atoms with Gasteiger partial charge in [-0.25, -0.2) is 0 Å². The Hall–Kier alpha value is -2.69. The number of hydrogen-bond acceptors (Lipinski definition) is 4. The van der Waals surface area contributed by atoms with Crippen molar-refractivity contribution >= 4 is 11.6 Å². The van der Waals surface area contributed by atoms with Gasteiger partial charge in [-0.3, -0.25) is 4.79 Å². The fourth-order valence-electron chi connectivity index (χ4n) is 4.02. The number of piperazine rings is 1. The van der Waals surface area contributed by atoms with Crippen LogP contribution in [0.5, 0.6) is 11.5 Å². The van der Waals surface area contributed by atoms with E-state index < -0.39 is 0 Å². The summed E-state index contributed by atoms with van der Waals surface area (Å²) in [6.45, 7) is 9.83. The molecule has 1 fully saturated rings. The zero-order valence-corrected chi connectivity index (χ0v) is 15.5. The lowest BCUT2D eigenvalue weighted by atomic mass is 10.0. The van der Waals surface area contributed by atoms with Crippen molar-refractivity contribution in [3.8, 4) is 11.5 Å². The molecule has 1 amide bonds. The first-order valence-corrected chi connectivity index (χ1v) is 9.04. The van der Waals surface area contributed by atoms with Gasteiger partial charge in [0, 0.05) is 37.4 Å². The maximum atomic E-state index is 12.8. The highest BCUT2D eigenvalue weighted by Gasteiger charge is 2.25. The average Bonchev–Trinajstić information content (AvgIpc) is 3.08. The van der Waals surface area contributed by atoms with Crippen LogP contribution in [0.2, 0.25) is 0 Å². The third kappa shape index (κ3) is 2.98. The van der Waals surface area contributed by atoms with Crippen molar-refractivity contribution in [1.82, 2.24) is 4.90 Å². The Kier molecular flexibility index (Phi) is 4.23. The number of amides is 1. The zero-order valence-electron chi connectivity index (χ0n) is 15.5. The van der Waals surface area contributed by atoms with Crippen LogP contribution in [-0.4, -0.2) is 43.8 Å². The Labute approximate surface area is 154 Å². The molecule has 5 nitrogen and oxygen atoms in total. The fourth-order valence-corrected chi connectivity index (χ4v) is 4.02. The summed E-state index contributed by atoms with van der Waals surface area (Å²) in [4.78, 5) is 17.2. The number of nitrogens with zero attached hydrogens (tertiary/aromatic N) is 2. The van der Waals surface area contributed by atoms with Gasteiger partial charge in [0.25, 0.3) is 5.91 Å². The predicted molar refractivity (Wildman–Crippen MR) is 101 cm³/mol. The van der Waals surface area contributed by atoms with Crippen LogP contribution in [0.1, 0.15) is 27.0 Å². The minimum Gasteiger partial charge on any atom is -0.454 e. The van der Waals surface area contributed by atoms with Crippen LogP contribution in [0.25, 0.3) is 0 Å². The van der Waals surface area contributed by atoms with Crippen molar-refractivity contribution < 1.29 is 14.3 Å². The minimum atomic E-state index is 0.0558. The molecule has 2 aliphatic heterocycles. The van der Waals surface area contributed by atoms with Crippen LogP contribution in [0, 0.1) is 20.8 Å². The van der Waals surface area contributed by atoms with Crippen LogP contribution in [0.15, 0.2) is 30.3 Å². The second kappa shape index (κ2) is 6.56. The van der Waals surface area contributed by atoms with Crippen molar-refractivity contribution in [1.29, 1.82) is 0 Å². The standard InChI is InChI=1S/C21H24N2O3/c1-14-10-15(2)20(16(3)11-14)22-6-8-23(9-7-22)21(24)17-4-5-18-19(12-17)26-13-25-18/h4-5,10-12H,6-9,13H2,1-3H3. The third-order valence-corrected chi connectivity index (χ3v) is 5.14. The molecule has 0 radical (unpaired) electrons. The van der Waals surface area contributed by atoms with Crippen LogP contribution >= 0.6 is 0 Å². The first-order chi connectivity index (χ1) is 12.5. The number of benzene rings is 2. The zero-order chi connectivity index (χ0) is 18.3. The Morgan fingerprint density at radius 2 is 1.54 bits per heavy atom. The Morgan fingerprint density at radius 3 is 2.23 bits per heavy atom. The van der Waals surface area contributed by atoms with Gasteiger partial charge in [-0.15, -0.1) is 0 Å². The number of ether oxygens (including phenoxy) is 2. The van der Waals surface area contributed by atoms with Crippen molar-refractivity contribution in [3.63, 3.8) is 0 Å². The van der Waals surface area contributed by atoms with Gasteiger partial charge in [-0.2, -0.15) is 0 Å². The summed E-state index contributed by atoms with van der Waals surface area (Å²) in [6.07, 6.45) is 0. The molecule has 26 heavy (non-hydrogen) atoms. The first kappa shape index (κ1) is 16.8. The smallest absolute Gasteiger partial charge is 0.254 e. The van der Waals surface area contributed by atoms with Gasteiger partial charge >= 0.3 is 0 Å². The Balaban J connectivity index is 1.46. The average molecular weight is 352 g/mol. The molecule has 2 aromatic rings. The molecule has 0 spiro atoms. The topological polar surface area (TPSA) is 42.0 Å². The Morgan fingerprint density at radius 1 is 0.885 bits per heavy atom. The van der Waals surface area contributed by atoms with E-state index in [1.807, 2.05) is 17.0 Å². The van der Waals surface area contributed by atoms with E-state index in [0.29, 0.717) is 17.1 Å². The predicted octanol–water partition coefficient (Wildman–Crippen LogP) is 3.30. The van der Waals surface area contributed by atoms with Crippen LogP contribution in [0.4, 0.5) is 5.69 Å². The van der Waals surface area contributed by atoms with E-state index >= 15 is 0 Å². The number of hydrogen-bond donors (Lipinski definition) is 0. The van der Waals surface area contributed by atoms with E-state index in [0.717, 1.165) is 26.2 Å². The largest absolute Gasteiger partial charge is 0.454 e. The molecule has 0 aliphatic carbocycles. The van der Waals surface area contributed by atoms with Crippen molar-refractivity contribution in [2.24, 2.45) is 0 Å². The number of anilines is 1. The van der Waals surface area contributed by atoms with Crippen LogP contribution in [0.3, 0.4) is 0 Å². The summed E-state index contributed by atoms with van der Waals surface area (Å²) in [5.41, 5.74) is 5.87. The van der Waals surface area contributed by atoms with E-state index in [1.54, 1.807) is 6.07 Å². The molecule has 136 valence electrons. The summed E-state index contributed by atoms with van der Waals surface area (Å²) >= 11 is 0. The summed E-state index contributed by atoms with van der Waals surface area (Å²) in [7, 11) is 0. The van der Waals surface area contributed by atoms with Gasteiger partial charge < -0.3 is 19.3 Å². The molecule has 4 rings (SSSR count). The maximum Gasteiger partial charge on any atom is 0.254 e. The quantitative estimate of drug-likeness (QED) is 0.832. The summed E-state index contributed by atoms with van der Waals surface area (Å²) in [5, 5.41) is 0. The number of rotatable bonds is 2. The van der Waals surface area contributed by atoms with Crippen molar-refractivity contribution in [2.75, 3.05) is 37.9 Å². The number of fused-ring (bicyclic) bond motifs is 1. The monoisotopic (exact) mass is 352 g/mol. The van der Waals surface area contributed by atoms with Gasteiger partial charge in [0.15, 0.2) is 11.5 Å². The van der Waals surface area contributed by atoms with E-state index in [4.69, 9.17) is 9.47 Å². The molecule has 0 saturated carbocycles. The normalized spacial score (nSPS) is 16.1. The summed E-state index contributed by atoms with van der Waals surface area (Å²) in [5.74, 6) is 1.41. The molecule has 1 saturated heterocycles. The molecule has 0 aromatic heterocycles. The van der Waals surface area contributed by atoms with E-state index in [-0.39, 0.29) is 12.7 Å². The van der Waals surface area contributed by atoms with Gasteiger partial charge in [-0.05, 0) is 50.1 Å². The summed E-state index contributed by atoms with van der Waals surface area (Å²) < 4.78 is 10.7. The highest BCUT2D eigenvalue weighted by atomic mass is 16.7. The molecule has 0 unspecified atom stereocenters. The lowest BCUT2D eigenvalue weighted by molar-refractivity contribution is 0.0746. The molecule has 2 heterocycles. The second-order valence-corrected chi connectivity index (χ2v) is 7.09. The molecule has 0 atom stereocenters. The van der Waals surface area contributed by atoms with Crippen molar-refractivity contribution in [2.45, 2.75) is 20.8 Å². The molecular weight excluding hydrogens is 328 g/mol. The van der Waals surface area contributed by atoms with Gasteiger partial charge in [0.2, 0.25) is 6.79 Å². The summed E-state index contributed by atoms with van der Waals surface area (Å²) in [6, 6.07) is 9.87. The SMILES string of the molecule is Cc1cc(C)c(N2CCN(C(=O)c3ccc4c(c3)OCO4)CC2)c(C)c1. The van der Waals surface area contributed by atoms with Crippen LogP contribution < -0.4 is 14.4 Å². The van der Waals surface area contributed by atoms with E-state index in [1.165, 1.54) is 22.4 Å². The molecule has 0 N–H and O–H groups in total. The fraction of sp³-hybridized carbons (Fsp3) is 0.381. The number of carbonyl (C=O) groups is 1. The van der Waals surface area contributed by atoms with E-state index in [9.17, 15) is 4.79 Å². The molecule has 0 bridgehead atoms. The molecule has 5 heteroatoms. The van der Waals surface area contributed by atoms with Gasteiger partial charge in [0.1, 0.15) is 0 Å². The number of aryl methyl sites for hydroxylation is 3.